The van der Waals surface area contributed by atoms with Gasteiger partial charge in [-0.2, -0.15) is 0 Å². The van der Waals surface area contributed by atoms with Crippen molar-refractivity contribution in [1.82, 2.24) is 15.4 Å². The molecule has 1 aliphatic rings. The highest BCUT2D eigenvalue weighted by molar-refractivity contribution is 6.32. The van der Waals surface area contributed by atoms with Crippen LogP contribution >= 0.6 is 11.6 Å². The molecule has 1 N–H and O–H groups in total. The number of nitrogens with one attached hydrogen (secondary N) is 1. The standard InChI is InChI=1S/C13H14ClN3O2/c14-11-6-5-10(19-13-8-15-17-16-13)7-12(11)18-9-3-1-2-4-9/h5-9H,1-4H2,(H,15,16,17). The van der Waals surface area contributed by atoms with Crippen molar-refractivity contribution in [2.24, 2.45) is 0 Å². The first kappa shape index (κ1) is 12.3. The van der Waals surface area contributed by atoms with E-state index in [1.807, 2.05) is 0 Å². The highest BCUT2D eigenvalue weighted by atomic mass is 35.5. The Bertz CT molecular complexity index is 539. The molecule has 1 aromatic heterocycles. The smallest absolute Gasteiger partial charge is 0.258 e. The molecule has 1 aromatic carbocycles. The van der Waals surface area contributed by atoms with E-state index >= 15 is 0 Å². The molecule has 1 heterocycles. The quantitative estimate of drug-likeness (QED) is 0.929. The lowest BCUT2D eigenvalue weighted by Gasteiger charge is -2.15. The molecule has 0 spiro atoms. The minimum atomic E-state index is 0.264. The Morgan fingerprint density at radius 1 is 1.26 bits per heavy atom. The van der Waals surface area contributed by atoms with Gasteiger partial charge in [0.15, 0.2) is 0 Å². The van der Waals surface area contributed by atoms with E-state index in [0.717, 1.165) is 12.8 Å². The number of H-pyrrole nitrogens is 1. The van der Waals surface area contributed by atoms with Gasteiger partial charge in [0.1, 0.15) is 11.5 Å². The number of aromatic nitrogens is 3. The van der Waals surface area contributed by atoms with Crippen LogP contribution in [0.5, 0.6) is 17.4 Å². The van der Waals surface area contributed by atoms with Crippen LogP contribution in [0, 0.1) is 0 Å². The molecule has 0 saturated heterocycles. The number of benzene rings is 1. The minimum Gasteiger partial charge on any atom is -0.489 e. The Hall–Kier alpha value is -1.75. The first-order valence-electron chi connectivity index (χ1n) is 6.32. The molecule has 0 bridgehead atoms. The Morgan fingerprint density at radius 2 is 2.11 bits per heavy atom. The van der Waals surface area contributed by atoms with Crippen LogP contribution in [-0.2, 0) is 0 Å². The van der Waals surface area contributed by atoms with Crippen molar-refractivity contribution in [3.63, 3.8) is 0 Å². The number of ether oxygens (including phenoxy) is 2. The van der Waals surface area contributed by atoms with Gasteiger partial charge in [0.05, 0.1) is 17.3 Å². The van der Waals surface area contributed by atoms with Gasteiger partial charge in [-0.3, -0.25) is 5.10 Å². The highest BCUT2D eigenvalue weighted by Crippen LogP contribution is 2.33. The highest BCUT2D eigenvalue weighted by Gasteiger charge is 2.18. The van der Waals surface area contributed by atoms with Crippen molar-refractivity contribution >= 4 is 11.6 Å². The molecule has 19 heavy (non-hydrogen) atoms. The molecular formula is C13H14ClN3O2. The lowest BCUT2D eigenvalue weighted by Crippen LogP contribution is -2.11. The zero-order chi connectivity index (χ0) is 13.1. The lowest BCUT2D eigenvalue weighted by atomic mass is 10.3. The van der Waals surface area contributed by atoms with Gasteiger partial charge in [0, 0.05) is 6.07 Å². The molecule has 0 radical (unpaired) electrons. The maximum atomic E-state index is 6.14. The van der Waals surface area contributed by atoms with Crippen molar-refractivity contribution in [1.29, 1.82) is 0 Å². The summed E-state index contributed by atoms with van der Waals surface area (Å²) in [6.07, 6.45) is 6.45. The number of rotatable bonds is 4. The summed E-state index contributed by atoms with van der Waals surface area (Å²) in [7, 11) is 0. The Labute approximate surface area is 115 Å². The zero-order valence-corrected chi connectivity index (χ0v) is 11.1. The van der Waals surface area contributed by atoms with E-state index in [2.05, 4.69) is 15.4 Å². The fourth-order valence-electron chi connectivity index (χ4n) is 2.18. The Kier molecular flexibility index (Phi) is 3.55. The predicted molar refractivity (Wildman–Crippen MR) is 70.8 cm³/mol. The summed E-state index contributed by atoms with van der Waals surface area (Å²) in [5.74, 6) is 1.70. The third-order valence-corrected chi connectivity index (χ3v) is 3.43. The molecule has 5 nitrogen and oxygen atoms in total. The van der Waals surface area contributed by atoms with Gasteiger partial charge in [0.2, 0.25) is 0 Å². The second kappa shape index (κ2) is 5.48. The van der Waals surface area contributed by atoms with Gasteiger partial charge < -0.3 is 9.47 Å². The van der Waals surface area contributed by atoms with Crippen molar-refractivity contribution < 1.29 is 9.47 Å². The summed E-state index contributed by atoms with van der Waals surface area (Å²) < 4.78 is 11.4. The van der Waals surface area contributed by atoms with Gasteiger partial charge in [0.25, 0.3) is 5.88 Å². The average molecular weight is 280 g/mol. The third-order valence-electron chi connectivity index (χ3n) is 3.12. The zero-order valence-electron chi connectivity index (χ0n) is 10.3. The van der Waals surface area contributed by atoms with Crippen molar-refractivity contribution in [3.8, 4) is 17.4 Å². The van der Waals surface area contributed by atoms with Gasteiger partial charge in [-0.05, 0) is 37.8 Å². The van der Waals surface area contributed by atoms with Crippen LogP contribution in [0.2, 0.25) is 5.02 Å². The third kappa shape index (κ3) is 2.98. The summed E-state index contributed by atoms with van der Waals surface area (Å²) in [5.41, 5.74) is 0. The van der Waals surface area contributed by atoms with Gasteiger partial charge in [-0.25, -0.2) is 0 Å². The molecule has 100 valence electrons. The van der Waals surface area contributed by atoms with Crippen molar-refractivity contribution in [2.75, 3.05) is 0 Å². The SMILES string of the molecule is Clc1ccc(Oc2c[nH]nn2)cc1OC1CCCC1. The largest absolute Gasteiger partial charge is 0.489 e. The predicted octanol–water partition coefficient (Wildman–Crippen LogP) is 3.57. The molecule has 6 heteroatoms. The average Bonchev–Trinajstić information content (AvgIpc) is 3.07. The number of nitrogens with zero attached hydrogens (tertiary/aromatic N) is 2. The van der Waals surface area contributed by atoms with E-state index in [-0.39, 0.29) is 6.10 Å². The summed E-state index contributed by atoms with van der Waals surface area (Å²) in [6, 6.07) is 5.33. The van der Waals surface area contributed by atoms with Crippen molar-refractivity contribution in [3.05, 3.63) is 29.4 Å². The molecule has 0 unspecified atom stereocenters. The maximum Gasteiger partial charge on any atom is 0.258 e. The first-order chi connectivity index (χ1) is 9.31. The van der Waals surface area contributed by atoms with Crippen LogP contribution in [0.1, 0.15) is 25.7 Å². The Morgan fingerprint density at radius 3 is 2.84 bits per heavy atom. The van der Waals surface area contributed by atoms with Crippen LogP contribution in [0.25, 0.3) is 0 Å². The molecule has 1 aliphatic carbocycles. The van der Waals surface area contributed by atoms with Crippen molar-refractivity contribution in [2.45, 2.75) is 31.8 Å². The van der Waals surface area contributed by atoms with Crippen LogP contribution in [0.3, 0.4) is 0 Å². The molecule has 1 saturated carbocycles. The number of hydrogen-bond donors (Lipinski definition) is 1. The number of halogens is 1. The molecular weight excluding hydrogens is 266 g/mol. The van der Waals surface area contributed by atoms with Crippen LogP contribution in [0.4, 0.5) is 0 Å². The molecule has 0 atom stereocenters. The topological polar surface area (TPSA) is 60.0 Å². The van der Waals surface area contributed by atoms with E-state index in [4.69, 9.17) is 21.1 Å². The number of aromatic amines is 1. The molecule has 0 aliphatic heterocycles. The lowest BCUT2D eigenvalue weighted by molar-refractivity contribution is 0.209. The summed E-state index contributed by atoms with van der Waals surface area (Å²) >= 11 is 6.14. The second-order valence-corrected chi connectivity index (χ2v) is 4.94. The van der Waals surface area contributed by atoms with Crippen LogP contribution < -0.4 is 9.47 Å². The normalized spacial score (nSPS) is 15.6. The van der Waals surface area contributed by atoms with Gasteiger partial charge in [-0.15, -0.1) is 0 Å². The van der Waals surface area contributed by atoms with Crippen LogP contribution in [0.15, 0.2) is 24.4 Å². The minimum absolute atomic E-state index is 0.264. The van der Waals surface area contributed by atoms with E-state index in [0.29, 0.717) is 22.4 Å². The molecule has 0 amide bonds. The number of hydrogen-bond acceptors (Lipinski definition) is 4. The van der Waals surface area contributed by atoms with E-state index in [1.54, 1.807) is 24.4 Å². The van der Waals surface area contributed by atoms with Gasteiger partial charge >= 0.3 is 0 Å². The monoisotopic (exact) mass is 279 g/mol. The molecule has 1 fully saturated rings. The first-order valence-corrected chi connectivity index (χ1v) is 6.69. The summed E-state index contributed by atoms with van der Waals surface area (Å²) in [5, 5.41) is 10.5. The van der Waals surface area contributed by atoms with Gasteiger partial charge in [-0.1, -0.05) is 21.9 Å². The van der Waals surface area contributed by atoms with E-state index in [9.17, 15) is 0 Å². The van der Waals surface area contributed by atoms with E-state index < -0.39 is 0 Å². The summed E-state index contributed by atoms with van der Waals surface area (Å²) in [4.78, 5) is 0. The second-order valence-electron chi connectivity index (χ2n) is 4.53. The fourth-order valence-corrected chi connectivity index (χ4v) is 2.35. The van der Waals surface area contributed by atoms with Crippen LogP contribution in [-0.4, -0.2) is 21.5 Å². The molecule has 2 aromatic rings. The molecule has 3 rings (SSSR count). The Balaban J connectivity index is 1.75. The van der Waals surface area contributed by atoms with E-state index in [1.165, 1.54) is 12.8 Å². The summed E-state index contributed by atoms with van der Waals surface area (Å²) in [6.45, 7) is 0. The maximum absolute atomic E-state index is 6.14. The fraction of sp³-hybridized carbons (Fsp3) is 0.385.